The number of hydrogen-bond donors (Lipinski definition) is 0. The molecule has 0 aliphatic carbocycles. The Morgan fingerprint density at radius 2 is 2.53 bits per heavy atom. The van der Waals surface area contributed by atoms with Crippen molar-refractivity contribution >= 4 is 39.9 Å². The largest absolute Gasteiger partial charge is 0.341 e. The predicted molar refractivity (Wildman–Crippen MR) is 75.0 cm³/mol. The van der Waals surface area contributed by atoms with Gasteiger partial charge in [-0.25, -0.2) is 4.98 Å². The van der Waals surface area contributed by atoms with Crippen LogP contribution in [0.15, 0.2) is 17.7 Å². The number of aromatic nitrogens is 2. The number of likely N-dealkylation sites (N-methyl/N-ethyl adjacent to an activating group) is 1. The van der Waals surface area contributed by atoms with Gasteiger partial charge in [-0.2, -0.15) is 5.26 Å². The number of carbonyl (C=O) groups is 1. The Balaban J connectivity index is 2.14. The smallest absolute Gasteiger partial charge is 0.246 e. The minimum atomic E-state index is -0.170. The van der Waals surface area contributed by atoms with Crippen molar-refractivity contribution in [3.8, 4) is 6.07 Å². The Kier molecular flexibility index (Phi) is 4.20. The Bertz CT molecular complexity index is 667. The molecule has 0 saturated carbocycles. The quantitative estimate of drug-likeness (QED) is 0.814. The van der Waals surface area contributed by atoms with Crippen LogP contribution < -0.4 is 0 Å². The zero-order chi connectivity index (χ0) is 13.8. The highest BCUT2D eigenvalue weighted by atomic mass is 35.5. The fourth-order valence-corrected chi connectivity index (χ4v) is 2.54. The predicted octanol–water partition coefficient (Wildman–Crippen LogP) is 2.43. The molecular formula is C12H11ClN4OS. The monoisotopic (exact) mass is 294 g/mol. The van der Waals surface area contributed by atoms with E-state index < -0.39 is 0 Å². The third-order valence-electron chi connectivity index (χ3n) is 2.57. The van der Waals surface area contributed by atoms with Crippen LogP contribution in [0.25, 0.3) is 11.0 Å². The summed E-state index contributed by atoms with van der Waals surface area (Å²) in [6.07, 6.45) is 5.24. The molecule has 2 heterocycles. The Morgan fingerprint density at radius 1 is 1.74 bits per heavy atom. The lowest BCUT2D eigenvalue weighted by Gasteiger charge is -2.12. The van der Waals surface area contributed by atoms with Gasteiger partial charge in [-0.05, 0) is 6.08 Å². The number of carbonyl (C=O) groups excluding carboxylic acids is 1. The summed E-state index contributed by atoms with van der Waals surface area (Å²) in [6, 6.07) is 2.00. The second kappa shape index (κ2) is 5.87. The number of nitrogens with zero attached hydrogens (tertiary/aromatic N) is 4. The standard InChI is InChI=1S/C12H11ClN4OS/c1-16(6-2-5-14)10(18)4-3-9-11(13)15-12-17(9)7-8-19-12/h3-4,7-8H,2,6H2,1H3/b4-3+. The first-order valence-corrected chi connectivity index (χ1v) is 6.80. The summed E-state index contributed by atoms with van der Waals surface area (Å²) in [5, 5.41) is 10.7. The van der Waals surface area contributed by atoms with Crippen LogP contribution >= 0.6 is 22.9 Å². The number of thiazole rings is 1. The maximum atomic E-state index is 11.8. The molecule has 0 saturated heterocycles. The van der Waals surface area contributed by atoms with Gasteiger partial charge in [0.2, 0.25) is 5.91 Å². The summed E-state index contributed by atoms with van der Waals surface area (Å²) in [6.45, 7) is 0.410. The molecule has 0 radical (unpaired) electrons. The summed E-state index contributed by atoms with van der Waals surface area (Å²) >= 11 is 7.49. The molecule has 7 heteroatoms. The number of amides is 1. The molecule has 98 valence electrons. The topological polar surface area (TPSA) is 61.4 Å². The number of nitriles is 1. The van der Waals surface area contributed by atoms with Gasteiger partial charge in [0.1, 0.15) is 0 Å². The molecule has 0 fully saturated rings. The van der Waals surface area contributed by atoms with E-state index in [-0.39, 0.29) is 5.91 Å². The van der Waals surface area contributed by atoms with E-state index in [4.69, 9.17) is 16.9 Å². The minimum absolute atomic E-state index is 0.170. The average molecular weight is 295 g/mol. The van der Waals surface area contributed by atoms with Crippen LogP contribution in [0.2, 0.25) is 5.15 Å². The fourth-order valence-electron chi connectivity index (χ4n) is 1.53. The number of hydrogen-bond acceptors (Lipinski definition) is 4. The SMILES string of the molecule is CN(CCC#N)C(=O)/C=C/c1c(Cl)nc2sccn12. The summed E-state index contributed by atoms with van der Waals surface area (Å²) in [7, 11) is 1.65. The lowest BCUT2D eigenvalue weighted by atomic mass is 10.3. The van der Waals surface area contributed by atoms with Gasteiger partial charge in [0.05, 0.1) is 18.2 Å². The zero-order valence-corrected chi connectivity index (χ0v) is 11.8. The van der Waals surface area contributed by atoms with Gasteiger partial charge in [-0.15, -0.1) is 11.3 Å². The van der Waals surface area contributed by atoms with Crippen LogP contribution in [0.1, 0.15) is 12.1 Å². The van der Waals surface area contributed by atoms with Crippen LogP contribution in [-0.4, -0.2) is 33.8 Å². The molecule has 0 aromatic carbocycles. The lowest BCUT2D eigenvalue weighted by molar-refractivity contribution is -0.124. The molecule has 1 amide bonds. The van der Waals surface area contributed by atoms with Crippen molar-refractivity contribution in [1.29, 1.82) is 5.26 Å². The molecule has 0 spiro atoms. The van der Waals surface area contributed by atoms with Crippen LogP contribution in [-0.2, 0) is 4.79 Å². The molecule has 0 N–H and O–H groups in total. The third kappa shape index (κ3) is 2.95. The highest BCUT2D eigenvalue weighted by Gasteiger charge is 2.09. The molecule has 2 aromatic heterocycles. The highest BCUT2D eigenvalue weighted by molar-refractivity contribution is 7.15. The molecular weight excluding hydrogens is 284 g/mol. The molecule has 19 heavy (non-hydrogen) atoms. The fraction of sp³-hybridized carbons (Fsp3) is 0.250. The number of fused-ring (bicyclic) bond motifs is 1. The van der Waals surface area contributed by atoms with Crippen LogP contribution in [0.3, 0.4) is 0 Å². The molecule has 0 aliphatic heterocycles. The van der Waals surface area contributed by atoms with Crippen molar-refractivity contribution < 1.29 is 4.79 Å². The molecule has 0 aliphatic rings. The minimum Gasteiger partial charge on any atom is -0.341 e. The first kappa shape index (κ1) is 13.6. The number of imidazole rings is 1. The van der Waals surface area contributed by atoms with Crippen molar-refractivity contribution in [3.05, 3.63) is 28.5 Å². The Morgan fingerprint density at radius 3 is 3.26 bits per heavy atom. The van der Waals surface area contributed by atoms with E-state index in [9.17, 15) is 4.79 Å². The van der Waals surface area contributed by atoms with Crippen LogP contribution in [0, 0.1) is 11.3 Å². The normalized spacial score (nSPS) is 11.0. The summed E-state index contributed by atoms with van der Waals surface area (Å²) < 4.78 is 1.83. The second-order valence-electron chi connectivity index (χ2n) is 3.84. The molecule has 2 aromatic rings. The van der Waals surface area contributed by atoms with E-state index in [1.165, 1.54) is 22.3 Å². The van der Waals surface area contributed by atoms with Crippen molar-refractivity contribution in [2.24, 2.45) is 0 Å². The van der Waals surface area contributed by atoms with Crippen molar-refractivity contribution in [2.75, 3.05) is 13.6 Å². The number of rotatable bonds is 4. The second-order valence-corrected chi connectivity index (χ2v) is 5.08. The molecule has 0 unspecified atom stereocenters. The Hall–Kier alpha value is -1.84. The lowest BCUT2D eigenvalue weighted by Crippen LogP contribution is -2.25. The van der Waals surface area contributed by atoms with Gasteiger partial charge >= 0.3 is 0 Å². The van der Waals surface area contributed by atoms with Crippen molar-refractivity contribution in [1.82, 2.24) is 14.3 Å². The Labute approximate surface area is 119 Å². The van der Waals surface area contributed by atoms with E-state index in [0.717, 1.165) is 4.96 Å². The van der Waals surface area contributed by atoms with Crippen molar-refractivity contribution in [3.63, 3.8) is 0 Å². The summed E-state index contributed by atoms with van der Waals surface area (Å²) in [5.74, 6) is -0.170. The molecule has 0 atom stereocenters. The van der Waals surface area contributed by atoms with Gasteiger partial charge in [0.15, 0.2) is 10.1 Å². The first-order chi connectivity index (χ1) is 9.13. The van der Waals surface area contributed by atoms with Crippen LogP contribution in [0.5, 0.6) is 0 Å². The van der Waals surface area contributed by atoms with E-state index in [2.05, 4.69) is 4.98 Å². The van der Waals surface area contributed by atoms with Crippen molar-refractivity contribution in [2.45, 2.75) is 6.42 Å². The first-order valence-electron chi connectivity index (χ1n) is 5.54. The van der Waals surface area contributed by atoms with E-state index >= 15 is 0 Å². The van der Waals surface area contributed by atoms with E-state index in [1.54, 1.807) is 13.1 Å². The van der Waals surface area contributed by atoms with Gasteiger partial charge in [-0.1, -0.05) is 11.6 Å². The zero-order valence-electron chi connectivity index (χ0n) is 10.2. The molecule has 2 rings (SSSR count). The number of halogens is 1. The van der Waals surface area contributed by atoms with Crippen LogP contribution in [0.4, 0.5) is 0 Å². The van der Waals surface area contributed by atoms with Gasteiger partial charge in [0.25, 0.3) is 0 Å². The summed E-state index contributed by atoms with van der Waals surface area (Å²) in [4.78, 5) is 18.2. The maximum absolute atomic E-state index is 11.8. The third-order valence-corrected chi connectivity index (χ3v) is 3.61. The van der Waals surface area contributed by atoms with Gasteiger partial charge in [-0.3, -0.25) is 9.20 Å². The summed E-state index contributed by atoms with van der Waals surface area (Å²) in [5.41, 5.74) is 0.681. The van der Waals surface area contributed by atoms with Gasteiger partial charge in [0, 0.05) is 31.2 Å². The molecule has 5 nitrogen and oxygen atoms in total. The average Bonchev–Trinajstić information content (AvgIpc) is 2.94. The highest BCUT2D eigenvalue weighted by Crippen LogP contribution is 2.22. The van der Waals surface area contributed by atoms with E-state index in [1.807, 2.05) is 22.0 Å². The van der Waals surface area contributed by atoms with Gasteiger partial charge < -0.3 is 4.90 Å². The maximum Gasteiger partial charge on any atom is 0.246 e. The van der Waals surface area contributed by atoms with E-state index in [0.29, 0.717) is 23.8 Å². The molecule has 0 bridgehead atoms.